The molecule has 0 atom stereocenters. The van der Waals surface area contributed by atoms with Gasteiger partial charge in [0.15, 0.2) is 0 Å². The lowest BCUT2D eigenvalue weighted by Gasteiger charge is -2.24. The van der Waals surface area contributed by atoms with Gasteiger partial charge in [0.1, 0.15) is 0 Å². The molecule has 0 aliphatic heterocycles. The summed E-state index contributed by atoms with van der Waals surface area (Å²) >= 11 is 0. The van der Waals surface area contributed by atoms with Gasteiger partial charge in [0.2, 0.25) is 0 Å². The zero-order valence-corrected chi connectivity index (χ0v) is 10.7. The monoisotopic (exact) mass is 196 g/mol. The quantitative estimate of drug-likeness (QED) is 0.575. The molecule has 1 heteroatoms. The third-order valence-corrected chi connectivity index (χ3v) is 4.23. The third-order valence-electron chi connectivity index (χ3n) is 2.91. The molecule has 1 aliphatic carbocycles. The van der Waals surface area contributed by atoms with Crippen LogP contribution >= 0.6 is 0 Å². The van der Waals surface area contributed by atoms with E-state index in [2.05, 4.69) is 32.3 Å². The van der Waals surface area contributed by atoms with Gasteiger partial charge in [-0.1, -0.05) is 50.2 Å². The number of rotatable bonds is 2. The van der Waals surface area contributed by atoms with Gasteiger partial charge >= 0.3 is 0 Å². The Morgan fingerprint density at radius 2 is 1.62 bits per heavy atom. The topological polar surface area (TPSA) is 0 Å². The maximum absolute atomic E-state index is 2.60. The molecule has 0 N–H and O–H groups in total. The minimum Gasteiger partial charge on any atom is -0.0958 e. The minimum absolute atomic E-state index is 0.931. The first-order valence-electron chi connectivity index (χ1n) is 5.68. The van der Waals surface area contributed by atoms with Crippen molar-refractivity contribution < 1.29 is 0 Å². The van der Waals surface area contributed by atoms with Crippen LogP contribution in [0.5, 0.6) is 0 Å². The largest absolute Gasteiger partial charge is 0.0958 e. The molecule has 0 bridgehead atoms. The predicted molar refractivity (Wildman–Crippen MR) is 63.7 cm³/mol. The lowest BCUT2D eigenvalue weighted by molar-refractivity contribution is 0.403. The Kier molecular flexibility index (Phi) is 3.78. The molecule has 0 amide bonds. The Morgan fingerprint density at radius 3 is 2.08 bits per heavy atom. The second-order valence-corrected chi connectivity index (χ2v) is 10.6. The van der Waals surface area contributed by atoms with E-state index in [1.54, 1.807) is 5.57 Å². The molecule has 0 unspecified atom stereocenters. The van der Waals surface area contributed by atoms with Crippen molar-refractivity contribution in [1.29, 1.82) is 0 Å². The van der Waals surface area contributed by atoms with E-state index in [-0.39, 0.29) is 0 Å². The summed E-state index contributed by atoms with van der Waals surface area (Å²) in [6.07, 6.45) is 7.29. The van der Waals surface area contributed by atoms with E-state index in [9.17, 15) is 0 Å². The van der Waals surface area contributed by atoms with Crippen LogP contribution in [0.1, 0.15) is 39.0 Å². The minimum atomic E-state index is -0.966. The highest BCUT2D eigenvalue weighted by Crippen LogP contribution is 2.30. The van der Waals surface area contributed by atoms with Crippen LogP contribution in [0.2, 0.25) is 19.6 Å². The Balaban J connectivity index is 2.54. The Labute approximate surface area is 84.4 Å². The van der Waals surface area contributed by atoms with Crippen LogP contribution in [0, 0.1) is 5.92 Å². The molecule has 0 heterocycles. The molecule has 13 heavy (non-hydrogen) atoms. The summed E-state index contributed by atoms with van der Waals surface area (Å²) in [5.41, 5.74) is 4.29. The van der Waals surface area contributed by atoms with Crippen molar-refractivity contribution in [3.05, 3.63) is 11.3 Å². The summed E-state index contributed by atoms with van der Waals surface area (Å²) in [7, 11) is -0.966. The number of hydrogen-bond donors (Lipinski definition) is 0. The summed E-state index contributed by atoms with van der Waals surface area (Å²) in [6, 6.07) is 0. The SMILES string of the molecule is C/C(=C\[Si](C)(C)C)C1CCCCC1. The van der Waals surface area contributed by atoms with Crippen molar-refractivity contribution in [2.75, 3.05) is 0 Å². The van der Waals surface area contributed by atoms with E-state index in [1.807, 2.05) is 0 Å². The highest BCUT2D eigenvalue weighted by Gasteiger charge is 2.17. The fourth-order valence-electron chi connectivity index (χ4n) is 2.36. The first kappa shape index (κ1) is 11.0. The molecule has 1 rings (SSSR count). The van der Waals surface area contributed by atoms with Gasteiger partial charge in [-0.05, 0) is 25.7 Å². The van der Waals surface area contributed by atoms with Gasteiger partial charge < -0.3 is 0 Å². The van der Waals surface area contributed by atoms with Gasteiger partial charge in [-0.3, -0.25) is 0 Å². The molecule has 0 nitrogen and oxygen atoms in total. The van der Waals surface area contributed by atoms with Crippen molar-refractivity contribution in [1.82, 2.24) is 0 Å². The van der Waals surface area contributed by atoms with Gasteiger partial charge in [0.25, 0.3) is 0 Å². The van der Waals surface area contributed by atoms with Crippen LogP contribution in [0.3, 0.4) is 0 Å². The zero-order chi connectivity index (χ0) is 9.90. The second-order valence-electron chi connectivity index (χ2n) is 5.59. The van der Waals surface area contributed by atoms with Crippen LogP contribution < -0.4 is 0 Å². The van der Waals surface area contributed by atoms with Crippen LogP contribution in [-0.2, 0) is 0 Å². The molecule has 1 aliphatic rings. The molecule has 1 saturated carbocycles. The molecule has 0 radical (unpaired) electrons. The van der Waals surface area contributed by atoms with Crippen molar-refractivity contribution in [2.45, 2.75) is 58.7 Å². The summed E-state index contributed by atoms with van der Waals surface area (Å²) in [6.45, 7) is 9.65. The summed E-state index contributed by atoms with van der Waals surface area (Å²) < 4.78 is 0. The normalized spacial score (nSPS) is 22.0. The smallest absolute Gasteiger partial charge is 0.0686 e. The molecule has 76 valence electrons. The van der Waals surface area contributed by atoms with Crippen LogP contribution in [-0.4, -0.2) is 8.07 Å². The van der Waals surface area contributed by atoms with E-state index in [4.69, 9.17) is 0 Å². The third kappa shape index (κ3) is 4.12. The van der Waals surface area contributed by atoms with Crippen LogP contribution in [0.15, 0.2) is 11.3 Å². The molecule has 0 spiro atoms. The Hall–Kier alpha value is -0.0431. The standard InChI is InChI=1S/C12H24Si/c1-11(10-13(2,3)4)12-8-6-5-7-9-12/h10,12H,5-9H2,1-4H3/b11-10+. The summed E-state index contributed by atoms with van der Waals surface area (Å²) in [5, 5.41) is 0. The zero-order valence-electron chi connectivity index (χ0n) is 9.69. The van der Waals surface area contributed by atoms with E-state index in [1.165, 1.54) is 32.1 Å². The highest BCUT2D eigenvalue weighted by molar-refractivity contribution is 6.81. The number of hydrogen-bond acceptors (Lipinski definition) is 0. The lowest BCUT2D eigenvalue weighted by atomic mass is 9.85. The number of allylic oxidation sites excluding steroid dienone is 1. The molecule has 0 aromatic heterocycles. The Bertz CT molecular complexity index is 180. The van der Waals surface area contributed by atoms with Gasteiger partial charge in [0.05, 0.1) is 8.07 Å². The molecule has 1 fully saturated rings. The summed E-state index contributed by atoms with van der Waals surface area (Å²) in [4.78, 5) is 0. The highest BCUT2D eigenvalue weighted by atomic mass is 28.3. The average Bonchev–Trinajstić information content (AvgIpc) is 2.03. The van der Waals surface area contributed by atoms with E-state index in [0.717, 1.165) is 5.92 Å². The van der Waals surface area contributed by atoms with Gasteiger partial charge in [-0.25, -0.2) is 0 Å². The predicted octanol–water partition coefficient (Wildman–Crippen LogP) is 4.39. The van der Waals surface area contributed by atoms with E-state index >= 15 is 0 Å². The fourth-order valence-corrected chi connectivity index (χ4v) is 3.96. The molecule has 0 aromatic carbocycles. The lowest BCUT2D eigenvalue weighted by Crippen LogP contribution is -2.19. The molecular formula is C12H24Si. The van der Waals surface area contributed by atoms with Crippen molar-refractivity contribution in [3.8, 4) is 0 Å². The van der Waals surface area contributed by atoms with Crippen molar-refractivity contribution in [3.63, 3.8) is 0 Å². The first-order chi connectivity index (χ1) is 5.99. The van der Waals surface area contributed by atoms with Crippen molar-refractivity contribution >= 4 is 8.07 Å². The van der Waals surface area contributed by atoms with Crippen molar-refractivity contribution in [2.24, 2.45) is 5.92 Å². The first-order valence-corrected chi connectivity index (χ1v) is 9.26. The fraction of sp³-hybridized carbons (Fsp3) is 0.833. The average molecular weight is 196 g/mol. The van der Waals surface area contributed by atoms with E-state index in [0.29, 0.717) is 0 Å². The van der Waals surface area contributed by atoms with E-state index < -0.39 is 8.07 Å². The molecular weight excluding hydrogens is 172 g/mol. The maximum Gasteiger partial charge on any atom is 0.0686 e. The van der Waals surface area contributed by atoms with Crippen LogP contribution in [0.25, 0.3) is 0 Å². The molecule has 0 aromatic rings. The molecule has 0 saturated heterocycles. The Morgan fingerprint density at radius 1 is 1.08 bits per heavy atom. The van der Waals surface area contributed by atoms with Gasteiger partial charge in [0, 0.05) is 0 Å². The second kappa shape index (κ2) is 4.45. The maximum atomic E-state index is 2.60. The van der Waals surface area contributed by atoms with Gasteiger partial charge in [-0.2, -0.15) is 0 Å². The summed E-state index contributed by atoms with van der Waals surface area (Å²) in [5.74, 6) is 0.931. The van der Waals surface area contributed by atoms with Gasteiger partial charge in [-0.15, -0.1) is 0 Å². The van der Waals surface area contributed by atoms with Crippen LogP contribution in [0.4, 0.5) is 0 Å².